The van der Waals surface area contributed by atoms with Crippen molar-refractivity contribution in [1.29, 1.82) is 0 Å². The number of benzene rings is 1. The Bertz CT molecular complexity index is 1120. The number of nitrogen functional groups attached to an aromatic ring is 1. The summed E-state index contributed by atoms with van der Waals surface area (Å²) < 4.78 is 10.5. The molecule has 0 aliphatic rings. The number of hydrazone groups is 1. The molecule has 3 aromatic rings. The topological polar surface area (TPSA) is 189 Å². The van der Waals surface area contributed by atoms with E-state index in [1.54, 1.807) is 19.9 Å². The molecule has 3 N–H and O–H groups in total. The maximum absolute atomic E-state index is 12.6. The van der Waals surface area contributed by atoms with Crippen LogP contribution in [0.2, 0.25) is 0 Å². The van der Waals surface area contributed by atoms with E-state index in [-0.39, 0.29) is 34.5 Å². The molecule has 0 bridgehead atoms. The number of nitrogens with zero attached hydrogens (tertiary/aromatic N) is 7. The van der Waals surface area contributed by atoms with Crippen LogP contribution in [0.5, 0.6) is 5.75 Å². The molecule has 1 amide bonds. The first-order valence-corrected chi connectivity index (χ1v) is 8.01. The van der Waals surface area contributed by atoms with E-state index >= 15 is 0 Å². The van der Waals surface area contributed by atoms with Crippen LogP contribution in [0.3, 0.4) is 0 Å². The minimum Gasteiger partial charge on any atom is -0.490 e. The highest BCUT2D eigenvalue weighted by molar-refractivity contribution is 6.01. The summed E-state index contributed by atoms with van der Waals surface area (Å²) in [6.45, 7) is 3.14. The van der Waals surface area contributed by atoms with Gasteiger partial charge in [-0.1, -0.05) is 5.21 Å². The third kappa shape index (κ3) is 3.71. The van der Waals surface area contributed by atoms with Gasteiger partial charge in [0.1, 0.15) is 0 Å². The van der Waals surface area contributed by atoms with Crippen LogP contribution in [0.4, 0.5) is 11.5 Å². The van der Waals surface area contributed by atoms with Crippen molar-refractivity contribution in [2.75, 3.05) is 12.8 Å². The van der Waals surface area contributed by atoms with E-state index in [1.165, 1.54) is 19.2 Å². The molecule has 0 saturated heterocycles. The zero-order valence-electron chi connectivity index (χ0n) is 15.5. The van der Waals surface area contributed by atoms with E-state index in [1.807, 2.05) is 0 Å². The number of carbonyl (C=O) groups is 1. The van der Waals surface area contributed by atoms with E-state index in [0.29, 0.717) is 11.3 Å². The molecule has 0 unspecified atom stereocenters. The maximum atomic E-state index is 12.6. The monoisotopic (exact) mass is 401 g/mol. The molecule has 0 atom stereocenters. The van der Waals surface area contributed by atoms with Gasteiger partial charge in [0.15, 0.2) is 11.4 Å². The van der Waals surface area contributed by atoms with Gasteiger partial charge in [-0.25, -0.2) is 10.1 Å². The van der Waals surface area contributed by atoms with Gasteiger partial charge in [-0.2, -0.15) is 9.78 Å². The Balaban J connectivity index is 1.87. The van der Waals surface area contributed by atoms with E-state index < -0.39 is 10.8 Å². The molecule has 0 aliphatic heterocycles. The van der Waals surface area contributed by atoms with Crippen LogP contribution < -0.4 is 15.9 Å². The number of anilines is 1. The molecule has 0 saturated carbocycles. The lowest BCUT2D eigenvalue weighted by Crippen LogP contribution is -2.24. The lowest BCUT2D eigenvalue weighted by molar-refractivity contribution is -0.385. The number of nitrogens with one attached hydrogen (secondary N) is 1. The minimum atomic E-state index is -0.655. The van der Waals surface area contributed by atoms with Gasteiger partial charge in [-0.3, -0.25) is 14.9 Å². The number of carbonyl (C=O) groups excluding carboxylic acids is 1. The molecule has 29 heavy (non-hydrogen) atoms. The summed E-state index contributed by atoms with van der Waals surface area (Å²) in [5.41, 5.74) is 8.81. The average Bonchev–Trinajstić information content (AvgIpc) is 3.30. The lowest BCUT2D eigenvalue weighted by Gasteiger charge is -2.06. The number of methoxy groups -OCH3 is 1. The van der Waals surface area contributed by atoms with Crippen molar-refractivity contribution in [1.82, 2.24) is 30.7 Å². The molecular weight excluding hydrogens is 386 g/mol. The predicted octanol–water partition coefficient (Wildman–Crippen LogP) is 0.612. The summed E-state index contributed by atoms with van der Waals surface area (Å²) in [6.07, 6.45) is 0. The van der Waals surface area contributed by atoms with Crippen LogP contribution in [-0.2, 0) is 0 Å². The van der Waals surface area contributed by atoms with Crippen molar-refractivity contribution in [3.63, 3.8) is 0 Å². The lowest BCUT2D eigenvalue weighted by atomic mass is 10.1. The first kappa shape index (κ1) is 19.4. The highest BCUT2D eigenvalue weighted by Crippen LogP contribution is 2.27. The normalized spacial score (nSPS) is 11.3. The van der Waals surface area contributed by atoms with Gasteiger partial charge < -0.3 is 10.5 Å². The van der Waals surface area contributed by atoms with Crippen molar-refractivity contribution >= 4 is 23.1 Å². The molecule has 3 rings (SSSR count). The number of rotatable bonds is 6. The second kappa shape index (κ2) is 7.71. The van der Waals surface area contributed by atoms with E-state index in [2.05, 4.69) is 35.8 Å². The van der Waals surface area contributed by atoms with Gasteiger partial charge in [-0.05, 0) is 36.3 Å². The molecule has 0 spiro atoms. The molecule has 0 aliphatic carbocycles. The molecule has 14 nitrogen and oxygen atoms in total. The van der Waals surface area contributed by atoms with Crippen molar-refractivity contribution in [3.05, 3.63) is 45.3 Å². The molecular formula is C15H15N9O5. The first-order chi connectivity index (χ1) is 13.8. The van der Waals surface area contributed by atoms with Gasteiger partial charge in [0.05, 0.1) is 23.4 Å². The third-order valence-electron chi connectivity index (χ3n) is 3.87. The highest BCUT2D eigenvalue weighted by Gasteiger charge is 2.23. The highest BCUT2D eigenvalue weighted by atomic mass is 16.6. The van der Waals surface area contributed by atoms with Gasteiger partial charge in [0.25, 0.3) is 5.91 Å². The summed E-state index contributed by atoms with van der Waals surface area (Å²) in [5.74, 6) is -0.617. The number of hydrogen-bond donors (Lipinski definition) is 2. The standard InChI is InChI=1S/C15H15N9O5/c1-7(9-4-5-11(28-3)10(6-9)24(26)27)17-19-15(25)12-8(2)18-22-23(12)14-13(16)20-29-21-14/h4-6H,1-3H3,(H2,16,20)(H,19,25)/b17-7+. The number of ether oxygens (including phenoxy) is 1. The van der Waals surface area contributed by atoms with Gasteiger partial charge in [-0.15, -0.1) is 5.10 Å². The molecule has 2 aromatic heterocycles. The number of hydrogen-bond acceptors (Lipinski definition) is 11. The number of nitrogens with two attached hydrogens (primary N) is 1. The second-order valence-corrected chi connectivity index (χ2v) is 5.69. The van der Waals surface area contributed by atoms with Crippen LogP contribution in [-0.4, -0.2) is 49.0 Å². The summed E-state index contributed by atoms with van der Waals surface area (Å²) in [7, 11) is 1.33. The molecule has 1 aromatic carbocycles. The Morgan fingerprint density at radius 2 is 2.17 bits per heavy atom. The van der Waals surface area contributed by atoms with Crippen LogP contribution in [0.15, 0.2) is 27.9 Å². The van der Waals surface area contributed by atoms with Crippen LogP contribution in [0, 0.1) is 17.0 Å². The SMILES string of the molecule is COc1ccc(/C(C)=N/NC(=O)c2c(C)nnn2-c2nonc2N)cc1[N+](=O)[O-]. The van der Waals surface area contributed by atoms with E-state index in [9.17, 15) is 14.9 Å². The smallest absolute Gasteiger partial charge is 0.311 e. The number of aryl methyl sites for hydroxylation is 1. The number of nitro groups is 1. The Hall–Kier alpha value is -4.36. The van der Waals surface area contributed by atoms with E-state index in [0.717, 1.165) is 4.68 Å². The Morgan fingerprint density at radius 3 is 2.79 bits per heavy atom. The zero-order chi connectivity index (χ0) is 21.1. The van der Waals surface area contributed by atoms with Crippen LogP contribution >= 0.6 is 0 Å². The fraction of sp³-hybridized carbons (Fsp3) is 0.200. The van der Waals surface area contributed by atoms with Gasteiger partial charge in [0.2, 0.25) is 11.6 Å². The van der Waals surface area contributed by atoms with Crippen molar-refractivity contribution in [2.45, 2.75) is 13.8 Å². The fourth-order valence-electron chi connectivity index (χ4n) is 2.41. The predicted molar refractivity (Wildman–Crippen MR) is 97.7 cm³/mol. The zero-order valence-corrected chi connectivity index (χ0v) is 15.5. The molecule has 0 radical (unpaired) electrons. The molecule has 0 fully saturated rings. The Labute approximate surface area is 162 Å². The quantitative estimate of drug-likeness (QED) is 0.336. The number of aromatic nitrogens is 5. The average molecular weight is 401 g/mol. The second-order valence-electron chi connectivity index (χ2n) is 5.69. The summed E-state index contributed by atoms with van der Waals surface area (Å²) in [4.78, 5) is 23.2. The molecule has 150 valence electrons. The van der Waals surface area contributed by atoms with Crippen LogP contribution in [0.1, 0.15) is 28.7 Å². The number of nitro benzene ring substituents is 1. The summed E-state index contributed by atoms with van der Waals surface area (Å²) in [6, 6.07) is 4.32. The fourth-order valence-corrected chi connectivity index (χ4v) is 2.41. The van der Waals surface area contributed by atoms with Gasteiger partial charge >= 0.3 is 5.69 Å². The van der Waals surface area contributed by atoms with Crippen LogP contribution in [0.25, 0.3) is 5.82 Å². The Kier molecular flexibility index (Phi) is 5.16. The van der Waals surface area contributed by atoms with Gasteiger partial charge in [0, 0.05) is 11.6 Å². The minimum absolute atomic E-state index is 0.00207. The Morgan fingerprint density at radius 1 is 1.41 bits per heavy atom. The maximum Gasteiger partial charge on any atom is 0.311 e. The summed E-state index contributed by atoms with van der Waals surface area (Å²) >= 11 is 0. The molecule has 2 heterocycles. The van der Waals surface area contributed by atoms with Crippen molar-refractivity contribution < 1.29 is 19.1 Å². The first-order valence-electron chi connectivity index (χ1n) is 8.01. The summed E-state index contributed by atoms with van der Waals surface area (Å²) in [5, 5.41) is 29.8. The van der Waals surface area contributed by atoms with Crippen molar-refractivity contribution in [2.24, 2.45) is 5.10 Å². The van der Waals surface area contributed by atoms with E-state index in [4.69, 9.17) is 10.5 Å². The number of amides is 1. The largest absolute Gasteiger partial charge is 0.490 e. The molecule has 14 heteroatoms. The third-order valence-corrected chi connectivity index (χ3v) is 3.87. The van der Waals surface area contributed by atoms with Crippen molar-refractivity contribution in [3.8, 4) is 11.6 Å².